The molecule has 0 spiro atoms. The van der Waals surface area contributed by atoms with Crippen molar-refractivity contribution in [3.05, 3.63) is 34.3 Å². The molecule has 1 aliphatic carbocycles. The van der Waals surface area contributed by atoms with Gasteiger partial charge >= 0.3 is 0 Å². The number of aryl methyl sites for hydroxylation is 1. The van der Waals surface area contributed by atoms with Crippen molar-refractivity contribution in [1.29, 1.82) is 0 Å². The third kappa shape index (κ3) is 2.26. The maximum Gasteiger partial charge on any atom is 0.0438 e. The fourth-order valence-corrected chi connectivity index (χ4v) is 2.43. The molecule has 1 fully saturated rings. The second-order valence-electron chi connectivity index (χ2n) is 5.15. The average Bonchev–Trinajstić information content (AvgIpc) is 2.98. The molecule has 0 aromatic heterocycles. The molecule has 88 valence electrons. The van der Waals surface area contributed by atoms with Gasteiger partial charge < -0.3 is 5.32 Å². The van der Waals surface area contributed by atoms with Gasteiger partial charge in [-0.15, -0.1) is 0 Å². The van der Waals surface area contributed by atoms with Gasteiger partial charge in [-0.25, -0.2) is 0 Å². The standard InChI is InChI=1S/C14H20ClN/c1-4-16-13(14(3)7-8-14)11-6-5-10(2)12(15)9-11/h5-6,9,13,16H,4,7-8H2,1-3H3. The molecular weight excluding hydrogens is 218 g/mol. The zero-order valence-electron chi connectivity index (χ0n) is 10.3. The molecule has 1 nitrogen and oxygen atoms in total. The third-order valence-electron chi connectivity index (χ3n) is 3.67. The summed E-state index contributed by atoms with van der Waals surface area (Å²) in [6, 6.07) is 6.90. The topological polar surface area (TPSA) is 12.0 Å². The molecular formula is C14H20ClN. The quantitative estimate of drug-likeness (QED) is 0.832. The van der Waals surface area contributed by atoms with E-state index in [4.69, 9.17) is 11.6 Å². The van der Waals surface area contributed by atoms with Crippen LogP contribution in [-0.2, 0) is 0 Å². The van der Waals surface area contributed by atoms with Crippen LogP contribution in [0.4, 0.5) is 0 Å². The lowest BCUT2D eigenvalue weighted by molar-refractivity contribution is 0.373. The van der Waals surface area contributed by atoms with E-state index in [0.29, 0.717) is 11.5 Å². The van der Waals surface area contributed by atoms with E-state index in [1.807, 2.05) is 6.92 Å². The Kier molecular flexibility index (Phi) is 3.27. The van der Waals surface area contributed by atoms with Gasteiger partial charge in [0.1, 0.15) is 0 Å². The van der Waals surface area contributed by atoms with Crippen LogP contribution in [0.1, 0.15) is 43.9 Å². The minimum Gasteiger partial charge on any atom is -0.310 e. The van der Waals surface area contributed by atoms with Gasteiger partial charge in [-0.3, -0.25) is 0 Å². The SMILES string of the molecule is CCNC(c1ccc(C)c(Cl)c1)C1(C)CC1. The highest BCUT2D eigenvalue weighted by Crippen LogP contribution is 2.54. The number of hydrogen-bond acceptors (Lipinski definition) is 1. The number of halogens is 1. The molecule has 1 N–H and O–H groups in total. The van der Waals surface area contributed by atoms with Crippen LogP contribution in [0, 0.1) is 12.3 Å². The molecule has 1 aromatic rings. The van der Waals surface area contributed by atoms with Crippen LogP contribution in [0.5, 0.6) is 0 Å². The minimum atomic E-state index is 0.439. The Balaban J connectivity index is 2.28. The molecule has 0 aliphatic heterocycles. The summed E-state index contributed by atoms with van der Waals surface area (Å²) in [6.07, 6.45) is 2.63. The summed E-state index contributed by atoms with van der Waals surface area (Å²) < 4.78 is 0. The van der Waals surface area contributed by atoms with Gasteiger partial charge in [-0.2, -0.15) is 0 Å². The number of rotatable bonds is 4. The van der Waals surface area contributed by atoms with Crippen LogP contribution in [0.15, 0.2) is 18.2 Å². The van der Waals surface area contributed by atoms with E-state index in [-0.39, 0.29) is 0 Å². The summed E-state index contributed by atoms with van der Waals surface area (Å²) in [6.45, 7) is 7.57. The predicted octanol–water partition coefficient (Wildman–Crippen LogP) is 4.10. The Morgan fingerprint density at radius 1 is 1.44 bits per heavy atom. The fraction of sp³-hybridized carbons (Fsp3) is 0.571. The number of nitrogens with one attached hydrogen (secondary N) is 1. The van der Waals surface area contributed by atoms with Gasteiger partial charge in [0.2, 0.25) is 0 Å². The number of benzene rings is 1. The molecule has 16 heavy (non-hydrogen) atoms. The molecule has 0 heterocycles. The van der Waals surface area contributed by atoms with E-state index in [1.54, 1.807) is 0 Å². The summed E-state index contributed by atoms with van der Waals surface area (Å²) in [4.78, 5) is 0. The van der Waals surface area contributed by atoms with Crippen LogP contribution in [0.2, 0.25) is 5.02 Å². The summed E-state index contributed by atoms with van der Waals surface area (Å²) in [5.74, 6) is 0. The molecule has 1 aliphatic rings. The normalized spacial score (nSPS) is 19.5. The van der Waals surface area contributed by atoms with Crippen molar-refractivity contribution >= 4 is 11.6 Å². The van der Waals surface area contributed by atoms with Crippen molar-refractivity contribution in [3.63, 3.8) is 0 Å². The van der Waals surface area contributed by atoms with Crippen LogP contribution in [0.3, 0.4) is 0 Å². The van der Waals surface area contributed by atoms with E-state index in [1.165, 1.54) is 18.4 Å². The van der Waals surface area contributed by atoms with Crippen molar-refractivity contribution in [2.24, 2.45) is 5.41 Å². The minimum absolute atomic E-state index is 0.439. The molecule has 1 atom stereocenters. The molecule has 0 radical (unpaired) electrons. The first-order valence-electron chi connectivity index (χ1n) is 6.06. The Morgan fingerprint density at radius 3 is 2.62 bits per heavy atom. The largest absolute Gasteiger partial charge is 0.310 e. The predicted molar refractivity (Wildman–Crippen MR) is 69.9 cm³/mol. The van der Waals surface area contributed by atoms with Crippen LogP contribution < -0.4 is 5.32 Å². The molecule has 2 heteroatoms. The van der Waals surface area contributed by atoms with Crippen LogP contribution >= 0.6 is 11.6 Å². The van der Waals surface area contributed by atoms with Crippen LogP contribution in [-0.4, -0.2) is 6.54 Å². The lowest BCUT2D eigenvalue weighted by Crippen LogP contribution is -2.27. The Hall–Kier alpha value is -0.530. The lowest BCUT2D eigenvalue weighted by atomic mass is 9.91. The van der Waals surface area contributed by atoms with Gasteiger partial charge in [0.25, 0.3) is 0 Å². The first-order valence-corrected chi connectivity index (χ1v) is 6.44. The lowest BCUT2D eigenvalue weighted by Gasteiger charge is -2.25. The Morgan fingerprint density at radius 2 is 2.12 bits per heavy atom. The van der Waals surface area contributed by atoms with Crippen molar-refractivity contribution in [3.8, 4) is 0 Å². The Bertz CT molecular complexity index is 382. The second-order valence-corrected chi connectivity index (χ2v) is 5.56. The van der Waals surface area contributed by atoms with Crippen molar-refractivity contribution in [2.75, 3.05) is 6.54 Å². The van der Waals surface area contributed by atoms with E-state index in [2.05, 4.69) is 37.4 Å². The summed E-state index contributed by atoms with van der Waals surface area (Å²) in [7, 11) is 0. The monoisotopic (exact) mass is 237 g/mol. The van der Waals surface area contributed by atoms with E-state index >= 15 is 0 Å². The van der Waals surface area contributed by atoms with E-state index in [9.17, 15) is 0 Å². The zero-order valence-corrected chi connectivity index (χ0v) is 11.1. The highest BCUT2D eigenvalue weighted by atomic mass is 35.5. The fourth-order valence-electron chi connectivity index (χ4n) is 2.25. The summed E-state index contributed by atoms with van der Waals surface area (Å²) in [5.41, 5.74) is 2.92. The average molecular weight is 238 g/mol. The summed E-state index contributed by atoms with van der Waals surface area (Å²) in [5, 5.41) is 4.47. The highest BCUT2D eigenvalue weighted by Gasteiger charge is 2.45. The summed E-state index contributed by atoms with van der Waals surface area (Å²) >= 11 is 6.20. The highest BCUT2D eigenvalue weighted by molar-refractivity contribution is 6.31. The maximum absolute atomic E-state index is 6.20. The molecule has 1 aromatic carbocycles. The van der Waals surface area contributed by atoms with E-state index in [0.717, 1.165) is 17.1 Å². The first kappa shape index (κ1) is 11.9. The van der Waals surface area contributed by atoms with Crippen molar-refractivity contribution < 1.29 is 0 Å². The van der Waals surface area contributed by atoms with Crippen LogP contribution in [0.25, 0.3) is 0 Å². The first-order chi connectivity index (χ1) is 7.57. The number of hydrogen-bond donors (Lipinski definition) is 1. The molecule has 0 saturated heterocycles. The molecule has 0 amide bonds. The molecule has 2 rings (SSSR count). The van der Waals surface area contributed by atoms with E-state index < -0.39 is 0 Å². The van der Waals surface area contributed by atoms with Gasteiger partial charge in [-0.1, -0.05) is 37.6 Å². The maximum atomic E-state index is 6.20. The van der Waals surface area contributed by atoms with Gasteiger partial charge in [0.15, 0.2) is 0 Å². The zero-order chi connectivity index (χ0) is 11.8. The second kappa shape index (κ2) is 4.38. The Labute approximate surface area is 103 Å². The van der Waals surface area contributed by atoms with Crippen molar-refractivity contribution in [2.45, 2.75) is 39.7 Å². The van der Waals surface area contributed by atoms with Gasteiger partial charge in [0, 0.05) is 11.1 Å². The van der Waals surface area contributed by atoms with Gasteiger partial charge in [0.05, 0.1) is 0 Å². The van der Waals surface area contributed by atoms with Crippen molar-refractivity contribution in [1.82, 2.24) is 5.32 Å². The van der Waals surface area contributed by atoms with Gasteiger partial charge in [-0.05, 0) is 48.9 Å². The molecule has 1 unspecified atom stereocenters. The third-order valence-corrected chi connectivity index (χ3v) is 4.08. The smallest absolute Gasteiger partial charge is 0.0438 e. The molecule has 1 saturated carbocycles. The molecule has 0 bridgehead atoms.